The number of benzene rings is 1. The predicted octanol–water partition coefficient (Wildman–Crippen LogP) is 2.60. The van der Waals surface area contributed by atoms with Crippen LogP contribution >= 0.6 is 0 Å². The molecule has 0 bridgehead atoms. The number of nitro groups is 1. The van der Waals surface area contributed by atoms with Crippen LogP contribution in [-0.2, 0) is 4.79 Å². The van der Waals surface area contributed by atoms with Gasteiger partial charge in [0.15, 0.2) is 0 Å². The fourth-order valence-electron chi connectivity index (χ4n) is 1.39. The SMILES string of the molecule is CC(=O)C(C)c1ccc([N+](=O)[O-])c(C)c1. The van der Waals surface area contributed by atoms with Gasteiger partial charge < -0.3 is 0 Å². The number of aryl methyl sites for hydroxylation is 1. The summed E-state index contributed by atoms with van der Waals surface area (Å²) in [4.78, 5) is 21.3. The van der Waals surface area contributed by atoms with Gasteiger partial charge in [0.05, 0.1) is 4.92 Å². The van der Waals surface area contributed by atoms with Gasteiger partial charge in [0, 0.05) is 17.5 Å². The summed E-state index contributed by atoms with van der Waals surface area (Å²) >= 11 is 0. The summed E-state index contributed by atoms with van der Waals surface area (Å²) in [5.74, 6) is -0.146. The number of hydrogen-bond donors (Lipinski definition) is 0. The van der Waals surface area contributed by atoms with Crippen molar-refractivity contribution in [1.29, 1.82) is 0 Å². The van der Waals surface area contributed by atoms with Crippen molar-refractivity contribution >= 4 is 11.5 Å². The third kappa shape index (κ3) is 2.40. The van der Waals surface area contributed by atoms with E-state index in [1.54, 1.807) is 26.0 Å². The molecule has 0 radical (unpaired) electrons. The first-order chi connectivity index (χ1) is 6.93. The molecule has 0 saturated heterocycles. The largest absolute Gasteiger partial charge is 0.299 e. The Kier molecular flexibility index (Phi) is 3.19. The molecule has 0 N–H and O–H groups in total. The van der Waals surface area contributed by atoms with E-state index in [4.69, 9.17) is 0 Å². The molecule has 0 aromatic heterocycles. The van der Waals surface area contributed by atoms with Gasteiger partial charge in [0.25, 0.3) is 5.69 Å². The summed E-state index contributed by atoms with van der Waals surface area (Å²) < 4.78 is 0. The van der Waals surface area contributed by atoms with Gasteiger partial charge in [-0.05, 0) is 25.5 Å². The maximum atomic E-state index is 11.1. The highest BCUT2D eigenvalue weighted by atomic mass is 16.6. The minimum atomic E-state index is -0.419. The van der Waals surface area contributed by atoms with E-state index in [2.05, 4.69) is 0 Å². The first-order valence-corrected chi connectivity index (χ1v) is 4.69. The summed E-state index contributed by atoms with van der Waals surface area (Å²) in [7, 11) is 0. The second-order valence-electron chi connectivity index (χ2n) is 3.64. The molecular weight excluding hydrogens is 194 g/mol. The molecule has 1 unspecified atom stereocenters. The summed E-state index contributed by atoms with van der Waals surface area (Å²) in [6.45, 7) is 4.98. The molecule has 1 aromatic rings. The van der Waals surface area contributed by atoms with Crippen LogP contribution in [0.25, 0.3) is 0 Å². The second kappa shape index (κ2) is 4.21. The lowest BCUT2D eigenvalue weighted by Crippen LogP contribution is -2.05. The maximum Gasteiger partial charge on any atom is 0.272 e. The van der Waals surface area contributed by atoms with Crippen LogP contribution in [0.15, 0.2) is 18.2 Å². The Bertz CT molecular complexity index is 412. The molecule has 4 nitrogen and oxygen atoms in total. The van der Waals surface area contributed by atoms with Gasteiger partial charge in [-0.25, -0.2) is 0 Å². The monoisotopic (exact) mass is 207 g/mol. The Balaban J connectivity index is 3.12. The third-order valence-corrected chi connectivity index (χ3v) is 2.53. The summed E-state index contributed by atoms with van der Waals surface area (Å²) in [5.41, 5.74) is 1.51. The number of rotatable bonds is 3. The van der Waals surface area contributed by atoms with Crippen molar-refractivity contribution in [2.24, 2.45) is 0 Å². The van der Waals surface area contributed by atoms with Gasteiger partial charge in [-0.1, -0.05) is 13.0 Å². The summed E-state index contributed by atoms with van der Waals surface area (Å²) in [6.07, 6.45) is 0. The quantitative estimate of drug-likeness (QED) is 0.565. The molecule has 1 aromatic carbocycles. The standard InChI is InChI=1S/C11H13NO3/c1-7-6-10(8(2)9(3)13)4-5-11(7)12(14)15/h4-6,8H,1-3H3. The van der Waals surface area contributed by atoms with Gasteiger partial charge in [-0.15, -0.1) is 0 Å². The molecule has 0 aliphatic heterocycles. The van der Waals surface area contributed by atoms with Crippen molar-refractivity contribution in [1.82, 2.24) is 0 Å². The van der Waals surface area contributed by atoms with Crippen LogP contribution in [0.4, 0.5) is 5.69 Å². The maximum absolute atomic E-state index is 11.1. The van der Waals surface area contributed by atoms with Crippen LogP contribution in [0, 0.1) is 17.0 Å². The number of carbonyl (C=O) groups is 1. The first-order valence-electron chi connectivity index (χ1n) is 4.69. The Labute approximate surface area is 88.1 Å². The van der Waals surface area contributed by atoms with Crippen LogP contribution in [0.5, 0.6) is 0 Å². The molecule has 0 spiro atoms. The highest BCUT2D eigenvalue weighted by Gasteiger charge is 2.15. The van der Waals surface area contributed by atoms with Gasteiger partial charge >= 0.3 is 0 Å². The van der Waals surface area contributed by atoms with Gasteiger partial charge in [0.1, 0.15) is 5.78 Å². The Morgan fingerprint density at radius 2 is 2.07 bits per heavy atom. The van der Waals surface area contributed by atoms with E-state index < -0.39 is 4.92 Å². The molecule has 1 atom stereocenters. The minimum absolute atomic E-state index is 0.0586. The lowest BCUT2D eigenvalue weighted by Gasteiger charge is -2.08. The topological polar surface area (TPSA) is 60.2 Å². The molecule has 0 fully saturated rings. The second-order valence-corrected chi connectivity index (χ2v) is 3.64. The molecule has 1 rings (SSSR count). The summed E-state index contributed by atoms with van der Waals surface area (Å²) in [5, 5.41) is 10.6. The van der Waals surface area contributed by atoms with E-state index in [1.165, 1.54) is 13.0 Å². The number of carbonyl (C=O) groups excluding carboxylic acids is 1. The van der Waals surface area contributed by atoms with E-state index in [0.717, 1.165) is 5.56 Å². The minimum Gasteiger partial charge on any atom is -0.299 e. The van der Waals surface area contributed by atoms with E-state index >= 15 is 0 Å². The molecular formula is C11H13NO3. The average Bonchev–Trinajstić information content (AvgIpc) is 2.15. The van der Waals surface area contributed by atoms with E-state index in [0.29, 0.717) is 5.56 Å². The predicted molar refractivity (Wildman–Crippen MR) is 56.9 cm³/mol. The van der Waals surface area contributed by atoms with E-state index in [-0.39, 0.29) is 17.4 Å². The molecule has 4 heteroatoms. The van der Waals surface area contributed by atoms with E-state index in [1.807, 2.05) is 0 Å². The third-order valence-electron chi connectivity index (χ3n) is 2.53. The lowest BCUT2D eigenvalue weighted by molar-refractivity contribution is -0.385. The fourth-order valence-corrected chi connectivity index (χ4v) is 1.39. The molecule has 80 valence electrons. The van der Waals surface area contributed by atoms with Gasteiger partial charge in [-0.3, -0.25) is 14.9 Å². The van der Waals surface area contributed by atoms with Gasteiger partial charge in [0.2, 0.25) is 0 Å². The lowest BCUT2D eigenvalue weighted by atomic mass is 9.96. The number of nitro benzene ring substituents is 1. The Morgan fingerprint density at radius 3 is 2.47 bits per heavy atom. The van der Waals surface area contributed by atoms with Gasteiger partial charge in [-0.2, -0.15) is 0 Å². The Morgan fingerprint density at radius 1 is 1.47 bits per heavy atom. The number of ketones is 1. The van der Waals surface area contributed by atoms with Crippen LogP contribution in [0.2, 0.25) is 0 Å². The highest BCUT2D eigenvalue weighted by molar-refractivity contribution is 5.83. The Hall–Kier alpha value is -1.71. The van der Waals surface area contributed by atoms with Crippen LogP contribution < -0.4 is 0 Å². The number of nitrogens with zero attached hydrogens (tertiary/aromatic N) is 1. The number of Topliss-reactive ketones (excluding diaryl/α,β-unsaturated/α-hetero) is 1. The van der Waals surface area contributed by atoms with Crippen molar-refractivity contribution in [3.8, 4) is 0 Å². The summed E-state index contributed by atoms with van der Waals surface area (Å²) in [6, 6.07) is 4.78. The van der Waals surface area contributed by atoms with Crippen molar-refractivity contribution in [2.45, 2.75) is 26.7 Å². The first kappa shape index (κ1) is 11.4. The van der Waals surface area contributed by atoms with Crippen LogP contribution in [0.1, 0.15) is 30.9 Å². The van der Waals surface area contributed by atoms with Crippen molar-refractivity contribution in [3.63, 3.8) is 0 Å². The molecule has 0 heterocycles. The van der Waals surface area contributed by atoms with Crippen molar-refractivity contribution in [3.05, 3.63) is 39.4 Å². The zero-order chi connectivity index (χ0) is 11.6. The average molecular weight is 207 g/mol. The molecule has 0 aliphatic rings. The zero-order valence-corrected chi connectivity index (χ0v) is 8.98. The fraction of sp³-hybridized carbons (Fsp3) is 0.364. The molecule has 0 saturated carbocycles. The molecule has 15 heavy (non-hydrogen) atoms. The highest BCUT2D eigenvalue weighted by Crippen LogP contribution is 2.23. The van der Waals surface area contributed by atoms with Crippen LogP contribution in [0.3, 0.4) is 0 Å². The van der Waals surface area contributed by atoms with Crippen molar-refractivity contribution in [2.75, 3.05) is 0 Å². The zero-order valence-electron chi connectivity index (χ0n) is 8.98. The molecule has 0 aliphatic carbocycles. The van der Waals surface area contributed by atoms with E-state index in [9.17, 15) is 14.9 Å². The molecule has 0 amide bonds. The van der Waals surface area contributed by atoms with Crippen LogP contribution in [-0.4, -0.2) is 10.7 Å². The smallest absolute Gasteiger partial charge is 0.272 e. The normalized spacial score (nSPS) is 12.2. The van der Waals surface area contributed by atoms with Crippen molar-refractivity contribution < 1.29 is 9.72 Å². The number of hydrogen-bond acceptors (Lipinski definition) is 3.